The van der Waals surface area contributed by atoms with Crippen molar-refractivity contribution < 1.29 is 0 Å². The minimum Gasteiger partial charge on any atom is -0.319 e. The zero-order valence-electron chi connectivity index (χ0n) is 8.69. The van der Waals surface area contributed by atoms with Gasteiger partial charge < -0.3 is 5.73 Å². The summed E-state index contributed by atoms with van der Waals surface area (Å²) in [6.45, 7) is 0. The summed E-state index contributed by atoms with van der Waals surface area (Å²) < 4.78 is 2.85. The molecule has 1 aromatic heterocycles. The first-order chi connectivity index (χ1) is 7.61. The van der Waals surface area contributed by atoms with E-state index in [0.717, 1.165) is 14.8 Å². The van der Waals surface area contributed by atoms with Crippen LogP contribution < -0.4 is 5.73 Å². The number of hydrogen-bond donors (Lipinski definition) is 1. The third-order valence-electron chi connectivity index (χ3n) is 2.47. The lowest BCUT2D eigenvalue weighted by Gasteiger charge is -2.14. The Kier molecular flexibility index (Phi) is 3.51. The van der Waals surface area contributed by atoms with Gasteiger partial charge in [-0.15, -0.1) is 0 Å². The molecule has 2 N–H and O–H groups in total. The summed E-state index contributed by atoms with van der Waals surface area (Å²) in [5.41, 5.74) is 8.12. The molecule has 0 amide bonds. The minimum absolute atomic E-state index is 0.243. The van der Waals surface area contributed by atoms with E-state index >= 15 is 0 Å². The zero-order chi connectivity index (χ0) is 11.7. The average molecular weight is 348 g/mol. The summed E-state index contributed by atoms with van der Waals surface area (Å²) in [4.78, 5) is 0. The molecule has 0 fully saturated rings. The quantitative estimate of drug-likeness (QED) is 0.849. The zero-order valence-corrected chi connectivity index (χ0v) is 11.6. The highest BCUT2D eigenvalue weighted by atomic mass is 127. The summed E-state index contributed by atoms with van der Waals surface area (Å²) in [5, 5.41) is 4.70. The van der Waals surface area contributed by atoms with Gasteiger partial charge in [-0.2, -0.15) is 5.10 Å². The van der Waals surface area contributed by atoms with E-state index in [0.29, 0.717) is 5.02 Å². The van der Waals surface area contributed by atoms with Gasteiger partial charge in [0, 0.05) is 10.6 Å². The van der Waals surface area contributed by atoms with Crippen LogP contribution in [0.2, 0.25) is 5.02 Å². The number of hydrogen-bond acceptors (Lipinski definition) is 2. The van der Waals surface area contributed by atoms with Gasteiger partial charge in [0.25, 0.3) is 0 Å². The number of nitrogens with zero attached hydrogens (tertiary/aromatic N) is 2. The van der Waals surface area contributed by atoms with Crippen LogP contribution in [0, 0.1) is 3.57 Å². The Morgan fingerprint density at radius 3 is 2.69 bits per heavy atom. The number of halogens is 2. The summed E-state index contributed by atoms with van der Waals surface area (Å²) in [6, 6.07) is 7.76. The van der Waals surface area contributed by atoms with Crippen molar-refractivity contribution in [3.05, 3.63) is 50.3 Å². The largest absolute Gasteiger partial charge is 0.319 e. The number of benzene rings is 1. The normalized spacial score (nSPS) is 12.8. The first-order valence-corrected chi connectivity index (χ1v) is 6.24. The van der Waals surface area contributed by atoms with Gasteiger partial charge in [0.1, 0.15) is 0 Å². The molecule has 2 rings (SSSR count). The topological polar surface area (TPSA) is 43.8 Å². The summed E-state index contributed by atoms with van der Waals surface area (Å²) in [7, 11) is 1.84. The Bertz CT molecular complexity index is 490. The lowest BCUT2D eigenvalue weighted by molar-refractivity contribution is 0.672. The smallest absolute Gasteiger partial charge is 0.0837 e. The van der Waals surface area contributed by atoms with Crippen molar-refractivity contribution in [2.75, 3.05) is 0 Å². The number of aryl methyl sites for hydroxylation is 1. The molecule has 0 aliphatic heterocycles. The van der Waals surface area contributed by atoms with Crippen LogP contribution in [0.3, 0.4) is 0 Å². The van der Waals surface area contributed by atoms with Crippen molar-refractivity contribution in [1.82, 2.24) is 9.78 Å². The maximum Gasteiger partial charge on any atom is 0.0837 e. The van der Waals surface area contributed by atoms with Gasteiger partial charge >= 0.3 is 0 Å². The molecular weight excluding hydrogens is 336 g/mol. The van der Waals surface area contributed by atoms with E-state index in [-0.39, 0.29) is 6.04 Å². The second-order valence-corrected chi connectivity index (χ2v) is 5.07. The molecule has 1 atom stereocenters. The summed E-state index contributed by atoms with van der Waals surface area (Å²) in [6.07, 6.45) is 1.62. The third kappa shape index (κ3) is 2.09. The molecule has 0 saturated carbocycles. The van der Waals surface area contributed by atoms with Crippen molar-refractivity contribution >= 4 is 34.2 Å². The Labute approximate surface area is 113 Å². The molecule has 0 spiro atoms. The van der Waals surface area contributed by atoms with Crippen molar-refractivity contribution in [3.8, 4) is 0 Å². The molecule has 0 bridgehead atoms. The molecule has 5 heteroatoms. The Morgan fingerprint density at radius 1 is 1.44 bits per heavy atom. The molecule has 0 aliphatic carbocycles. The first-order valence-electron chi connectivity index (χ1n) is 4.78. The number of aromatic nitrogens is 2. The molecule has 0 saturated heterocycles. The van der Waals surface area contributed by atoms with Gasteiger partial charge in [0.2, 0.25) is 0 Å². The van der Waals surface area contributed by atoms with Crippen LogP contribution in [0.15, 0.2) is 30.5 Å². The van der Waals surface area contributed by atoms with Crippen molar-refractivity contribution in [3.63, 3.8) is 0 Å². The molecule has 0 aliphatic rings. The van der Waals surface area contributed by atoms with E-state index in [1.54, 1.807) is 10.9 Å². The third-order valence-corrected chi connectivity index (χ3v) is 3.75. The Morgan fingerprint density at radius 2 is 2.12 bits per heavy atom. The van der Waals surface area contributed by atoms with Crippen molar-refractivity contribution in [2.24, 2.45) is 12.8 Å². The van der Waals surface area contributed by atoms with Crippen LogP contribution in [0.5, 0.6) is 0 Å². The SMILES string of the molecule is Cn1ncc(Cl)c1C(N)c1ccccc1I. The Balaban J connectivity index is 2.47. The van der Waals surface area contributed by atoms with Crippen LogP contribution in [-0.4, -0.2) is 9.78 Å². The van der Waals surface area contributed by atoms with Crippen molar-refractivity contribution in [2.45, 2.75) is 6.04 Å². The van der Waals surface area contributed by atoms with Gasteiger partial charge in [-0.25, -0.2) is 0 Å². The van der Waals surface area contributed by atoms with E-state index in [4.69, 9.17) is 17.3 Å². The predicted octanol–water partition coefficient (Wildman–Crippen LogP) is 2.73. The van der Waals surface area contributed by atoms with Gasteiger partial charge in [0.15, 0.2) is 0 Å². The fourth-order valence-electron chi connectivity index (χ4n) is 1.64. The van der Waals surface area contributed by atoms with Gasteiger partial charge in [-0.1, -0.05) is 29.8 Å². The highest BCUT2D eigenvalue weighted by Crippen LogP contribution is 2.28. The van der Waals surface area contributed by atoms with Gasteiger partial charge in [-0.05, 0) is 34.2 Å². The molecule has 1 unspecified atom stereocenters. The average Bonchev–Trinajstić information content (AvgIpc) is 2.58. The minimum atomic E-state index is -0.243. The van der Waals surface area contributed by atoms with Crippen LogP contribution in [0.4, 0.5) is 0 Å². The standard InChI is InChI=1S/C11H11ClIN3/c1-16-11(8(12)6-15-16)10(14)7-4-2-3-5-9(7)13/h2-6,10H,14H2,1H3. The fraction of sp³-hybridized carbons (Fsp3) is 0.182. The lowest BCUT2D eigenvalue weighted by Crippen LogP contribution is -2.17. The predicted molar refractivity (Wildman–Crippen MR) is 73.4 cm³/mol. The maximum atomic E-state index is 6.21. The van der Waals surface area contributed by atoms with Crippen LogP contribution in [0.1, 0.15) is 17.3 Å². The second-order valence-electron chi connectivity index (χ2n) is 3.50. The van der Waals surface area contributed by atoms with E-state index in [1.807, 2.05) is 31.3 Å². The molecular formula is C11H11ClIN3. The van der Waals surface area contributed by atoms with Gasteiger partial charge in [0.05, 0.1) is 23.0 Å². The molecule has 0 radical (unpaired) electrons. The number of rotatable bonds is 2. The maximum absolute atomic E-state index is 6.21. The highest BCUT2D eigenvalue weighted by Gasteiger charge is 2.18. The molecule has 2 aromatic rings. The van der Waals surface area contributed by atoms with E-state index in [2.05, 4.69) is 27.7 Å². The summed E-state index contributed by atoms with van der Waals surface area (Å²) in [5.74, 6) is 0. The summed E-state index contributed by atoms with van der Waals surface area (Å²) >= 11 is 8.35. The molecule has 3 nitrogen and oxygen atoms in total. The van der Waals surface area contributed by atoms with Crippen LogP contribution >= 0.6 is 34.2 Å². The van der Waals surface area contributed by atoms with Crippen LogP contribution in [-0.2, 0) is 7.05 Å². The lowest BCUT2D eigenvalue weighted by atomic mass is 10.1. The Hall–Kier alpha value is -0.590. The van der Waals surface area contributed by atoms with E-state index < -0.39 is 0 Å². The molecule has 16 heavy (non-hydrogen) atoms. The first kappa shape index (κ1) is 11.9. The van der Waals surface area contributed by atoms with E-state index in [9.17, 15) is 0 Å². The van der Waals surface area contributed by atoms with Gasteiger partial charge in [-0.3, -0.25) is 4.68 Å². The molecule has 84 valence electrons. The highest BCUT2D eigenvalue weighted by molar-refractivity contribution is 14.1. The number of nitrogens with two attached hydrogens (primary N) is 1. The monoisotopic (exact) mass is 347 g/mol. The second kappa shape index (κ2) is 4.73. The molecule has 1 aromatic carbocycles. The van der Waals surface area contributed by atoms with E-state index in [1.165, 1.54) is 0 Å². The molecule has 1 heterocycles. The fourth-order valence-corrected chi connectivity index (χ4v) is 2.65. The van der Waals surface area contributed by atoms with Crippen molar-refractivity contribution in [1.29, 1.82) is 0 Å². The van der Waals surface area contributed by atoms with Crippen LogP contribution in [0.25, 0.3) is 0 Å².